The standard InChI is InChI=1S/C17H14N4OS/c1-23-17-19-16-15(20-21-17)13-5-3-2-4-12(13)10-14(22-16)11-6-8-18-9-7-11/h2-9,14H,10H2,1H3. The molecule has 1 aromatic carbocycles. The maximum Gasteiger partial charge on any atom is 0.245 e. The second-order valence-electron chi connectivity index (χ2n) is 5.20. The first-order valence-corrected chi connectivity index (χ1v) is 8.51. The van der Waals surface area contributed by atoms with Crippen molar-refractivity contribution in [2.24, 2.45) is 0 Å². The van der Waals surface area contributed by atoms with Crippen molar-refractivity contribution in [1.82, 2.24) is 20.2 Å². The fraction of sp³-hybridized carbons (Fsp3) is 0.176. The lowest BCUT2D eigenvalue weighted by Gasteiger charge is -2.16. The van der Waals surface area contributed by atoms with E-state index in [0.717, 1.165) is 17.5 Å². The van der Waals surface area contributed by atoms with Crippen molar-refractivity contribution in [1.29, 1.82) is 0 Å². The summed E-state index contributed by atoms with van der Waals surface area (Å²) >= 11 is 1.45. The molecule has 0 amide bonds. The molecule has 0 radical (unpaired) electrons. The molecule has 0 fully saturated rings. The smallest absolute Gasteiger partial charge is 0.245 e. The van der Waals surface area contributed by atoms with Gasteiger partial charge in [0.2, 0.25) is 11.0 Å². The topological polar surface area (TPSA) is 60.8 Å². The Kier molecular flexibility index (Phi) is 3.67. The van der Waals surface area contributed by atoms with E-state index in [2.05, 4.69) is 26.2 Å². The average molecular weight is 322 g/mol. The highest BCUT2D eigenvalue weighted by Crippen LogP contribution is 2.38. The fourth-order valence-corrected chi connectivity index (χ4v) is 3.00. The van der Waals surface area contributed by atoms with Crippen LogP contribution >= 0.6 is 11.8 Å². The highest BCUT2D eigenvalue weighted by atomic mass is 32.2. The lowest BCUT2D eigenvalue weighted by Crippen LogP contribution is -2.11. The zero-order valence-corrected chi connectivity index (χ0v) is 13.3. The molecule has 3 aromatic rings. The summed E-state index contributed by atoms with van der Waals surface area (Å²) in [6.07, 6.45) is 6.12. The predicted molar refractivity (Wildman–Crippen MR) is 88.4 cm³/mol. The molecule has 0 saturated carbocycles. The van der Waals surface area contributed by atoms with Crippen molar-refractivity contribution in [2.75, 3.05) is 6.26 Å². The van der Waals surface area contributed by atoms with Gasteiger partial charge >= 0.3 is 0 Å². The zero-order chi connectivity index (χ0) is 15.6. The minimum Gasteiger partial charge on any atom is -0.467 e. The average Bonchev–Trinajstić information content (AvgIpc) is 2.78. The van der Waals surface area contributed by atoms with Crippen LogP contribution < -0.4 is 4.74 Å². The van der Waals surface area contributed by atoms with Gasteiger partial charge in [0.05, 0.1) is 0 Å². The van der Waals surface area contributed by atoms with E-state index in [1.54, 1.807) is 12.4 Å². The van der Waals surface area contributed by atoms with E-state index in [1.165, 1.54) is 17.3 Å². The van der Waals surface area contributed by atoms with Crippen LogP contribution in [0.1, 0.15) is 17.2 Å². The highest BCUT2D eigenvalue weighted by molar-refractivity contribution is 7.98. The Morgan fingerprint density at radius 3 is 2.74 bits per heavy atom. The molecule has 0 aliphatic carbocycles. The largest absolute Gasteiger partial charge is 0.467 e. The molecule has 0 N–H and O–H groups in total. The molecule has 1 aliphatic rings. The summed E-state index contributed by atoms with van der Waals surface area (Å²) in [6, 6.07) is 12.1. The molecule has 1 atom stereocenters. The van der Waals surface area contributed by atoms with E-state index in [9.17, 15) is 0 Å². The van der Waals surface area contributed by atoms with Crippen LogP contribution in [0.2, 0.25) is 0 Å². The van der Waals surface area contributed by atoms with E-state index >= 15 is 0 Å². The normalized spacial score (nSPS) is 16.0. The van der Waals surface area contributed by atoms with Crippen LogP contribution in [-0.4, -0.2) is 26.4 Å². The van der Waals surface area contributed by atoms with Crippen LogP contribution in [0.4, 0.5) is 0 Å². The SMILES string of the molecule is CSc1nnc2c(n1)OC(c1ccncc1)Cc1ccccc1-2. The van der Waals surface area contributed by atoms with E-state index in [-0.39, 0.29) is 6.10 Å². The van der Waals surface area contributed by atoms with Gasteiger partial charge in [0, 0.05) is 24.4 Å². The van der Waals surface area contributed by atoms with Gasteiger partial charge in [-0.05, 0) is 29.5 Å². The quantitative estimate of drug-likeness (QED) is 0.674. The number of pyridine rings is 1. The number of thioether (sulfide) groups is 1. The molecule has 1 aliphatic heterocycles. The maximum absolute atomic E-state index is 6.21. The van der Waals surface area contributed by atoms with Crippen molar-refractivity contribution >= 4 is 11.8 Å². The number of aromatic nitrogens is 4. The Morgan fingerprint density at radius 2 is 1.91 bits per heavy atom. The third-order valence-electron chi connectivity index (χ3n) is 3.83. The summed E-state index contributed by atoms with van der Waals surface area (Å²) in [5.41, 5.74) is 4.00. The van der Waals surface area contributed by atoms with Gasteiger partial charge in [-0.25, -0.2) is 0 Å². The van der Waals surface area contributed by atoms with E-state index in [1.807, 2.05) is 36.6 Å². The fourth-order valence-electron chi connectivity index (χ4n) is 2.70. The molecular weight excluding hydrogens is 308 g/mol. The molecule has 1 unspecified atom stereocenters. The number of hydrogen-bond donors (Lipinski definition) is 0. The lowest BCUT2D eigenvalue weighted by molar-refractivity contribution is 0.198. The maximum atomic E-state index is 6.21. The molecule has 3 heterocycles. The summed E-state index contributed by atoms with van der Waals surface area (Å²) in [7, 11) is 0. The predicted octanol–water partition coefficient (Wildman–Crippen LogP) is 3.33. The molecule has 0 saturated heterocycles. The molecule has 6 heteroatoms. The van der Waals surface area contributed by atoms with Crippen LogP contribution in [0.3, 0.4) is 0 Å². The molecule has 5 nitrogen and oxygen atoms in total. The molecule has 0 bridgehead atoms. The minimum atomic E-state index is -0.119. The van der Waals surface area contributed by atoms with Gasteiger partial charge in [0.25, 0.3) is 0 Å². The lowest BCUT2D eigenvalue weighted by atomic mass is 9.98. The first-order chi connectivity index (χ1) is 11.3. The van der Waals surface area contributed by atoms with Gasteiger partial charge in [0.1, 0.15) is 6.10 Å². The van der Waals surface area contributed by atoms with E-state index < -0.39 is 0 Å². The Morgan fingerprint density at radius 1 is 1.09 bits per heavy atom. The molecule has 4 rings (SSSR count). The van der Waals surface area contributed by atoms with Crippen LogP contribution in [0.15, 0.2) is 53.9 Å². The number of rotatable bonds is 2. The Balaban J connectivity index is 1.87. The van der Waals surface area contributed by atoms with Gasteiger partial charge in [-0.1, -0.05) is 36.0 Å². The summed E-state index contributed by atoms with van der Waals surface area (Å²) in [6.45, 7) is 0. The minimum absolute atomic E-state index is 0.119. The van der Waals surface area contributed by atoms with Crippen LogP contribution in [-0.2, 0) is 6.42 Å². The van der Waals surface area contributed by atoms with Crippen LogP contribution in [0.5, 0.6) is 5.88 Å². The first-order valence-electron chi connectivity index (χ1n) is 7.28. The summed E-state index contributed by atoms with van der Waals surface area (Å²) < 4.78 is 6.21. The second-order valence-corrected chi connectivity index (χ2v) is 5.97. The molecule has 114 valence electrons. The molecule has 0 spiro atoms. The van der Waals surface area contributed by atoms with Crippen LogP contribution in [0, 0.1) is 0 Å². The van der Waals surface area contributed by atoms with E-state index in [4.69, 9.17) is 4.74 Å². The molecule has 23 heavy (non-hydrogen) atoms. The number of ether oxygens (including phenoxy) is 1. The monoisotopic (exact) mass is 322 g/mol. The van der Waals surface area contributed by atoms with Gasteiger partial charge in [-0.3, -0.25) is 4.98 Å². The van der Waals surface area contributed by atoms with Gasteiger partial charge < -0.3 is 4.74 Å². The Bertz CT molecular complexity index is 841. The number of hydrogen-bond acceptors (Lipinski definition) is 6. The van der Waals surface area contributed by atoms with Crippen molar-refractivity contribution in [3.8, 4) is 17.1 Å². The van der Waals surface area contributed by atoms with Gasteiger partial charge in [-0.2, -0.15) is 4.98 Å². The van der Waals surface area contributed by atoms with Gasteiger partial charge in [0.15, 0.2) is 5.69 Å². The molecule has 2 aromatic heterocycles. The number of fused-ring (bicyclic) bond motifs is 3. The number of benzene rings is 1. The highest BCUT2D eigenvalue weighted by Gasteiger charge is 2.26. The summed E-state index contributed by atoms with van der Waals surface area (Å²) in [4.78, 5) is 8.60. The van der Waals surface area contributed by atoms with Gasteiger partial charge in [-0.15, -0.1) is 10.2 Å². The summed E-state index contributed by atoms with van der Waals surface area (Å²) in [5, 5.41) is 9.12. The van der Waals surface area contributed by atoms with Crippen molar-refractivity contribution in [3.05, 3.63) is 59.9 Å². The third-order valence-corrected chi connectivity index (χ3v) is 4.37. The van der Waals surface area contributed by atoms with Crippen molar-refractivity contribution in [2.45, 2.75) is 17.7 Å². The second kappa shape index (κ2) is 5.96. The molecular formula is C17H14N4OS. The third kappa shape index (κ3) is 2.66. The zero-order valence-electron chi connectivity index (χ0n) is 12.5. The van der Waals surface area contributed by atoms with Crippen LogP contribution in [0.25, 0.3) is 11.3 Å². The Hall–Kier alpha value is -2.47. The van der Waals surface area contributed by atoms with E-state index in [0.29, 0.717) is 16.7 Å². The summed E-state index contributed by atoms with van der Waals surface area (Å²) in [5.74, 6) is 0.538. The Labute approximate surface area is 138 Å². The number of nitrogens with zero attached hydrogens (tertiary/aromatic N) is 4. The van der Waals surface area contributed by atoms with Crippen molar-refractivity contribution < 1.29 is 4.74 Å². The van der Waals surface area contributed by atoms with Crippen molar-refractivity contribution in [3.63, 3.8) is 0 Å². The first kappa shape index (κ1) is 14.1.